The minimum atomic E-state index is -3.88. The third kappa shape index (κ3) is 2.66. The van der Waals surface area contributed by atoms with Gasteiger partial charge in [-0.25, -0.2) is 8.42 Å². The van der Waals surface area contributed by atoms with Crippen molar-refractivity contribution in [3.63, 3.8) is 0 Å². The van der Waals surface area contributed by atoms with Crippen LogP contribution in [0.2, 0.25) is 0 Å². The fourth-order valence-corrected chi connectivity index (χ4v) is 3.79. The molecule has 0 aliphatic heterocycles. The quantitative estimate of drug-likeness (QED) is 0.758. The second-order valence-electron chi connectivity index (χ2n) is 5.40. The van der Waals surface area contributed by atoms with Crippen molar-refractivity contribution < 1.29 is 8.42 Å². The predicted molar refractivity (Wildman–Crippen MR) is 92.4 cm³/mol. The van der Waals surface area contributed by atoms with E-state index in [0.717, 1.165) is 11.1 Å². The third-order valence-corrected chi connectivity index (χ3v) is 5.03. The molecular formula is C16H15N5O2S. The first-order chi connectivity index (χ1) is 11.4. The summed E-state index contributed by atoms with van der Waals surface area (Å²) in [6.07, 6.45) is 1.27. The van der Waals surface area contributed by atoms with E-state index in [-0.39, 0.29) is 16.3 Å². The van der Waals surface area contributed by atoms with Gasteiger partial charge in [-0.3, -0.25) is 9.82 Å². The van der Waals surface area contributed by atoms with Gasteiger partial charge < -0.3 is 4.90 Å². The van der Waals surface area contributed by atoms with E-state index < -0.39 is 10.0 Å². The number of sulfonamides is 1. The summed E-state index contributed by atoms with van der Waals surface area (Å²) in [6, 6.07) is 12.5. The Morgan fingerprint density at radius 3 is 2.58 bits per heavy atom. The predicted octanol–water partition coefficient (Wildman–Crippen LogP) is 2.30. The molecule has 0 atom stereocenters. The number of benzene rings is 2. The van der Waals surface area contributed by atoms with E-state index >= 15 is 0 Å². The fraction of sp³-hybridized carbons (Fsp3) is 0.125. The molecule has 3 aromatic rings. The maximum absolute atomic E-state index is 12.8. The number of aromatic amines is 1. The maximum atomic E-state index is 12.8. The number of hydrogen-bond acceptors (Lipinski definition) is 5. The van der Waals surface area contributed by atoms with Gasteiger partial charge in [0.1, 0.15) is 11.6 Å². The average Bonchev–Trinajstić information content (AvgIpc) is 2.99. The standard InChI is InChI=1S/C16H15N5O2S/c1-21(2)14-7-3-6-13-12(14)5-4-8-15(13)24(22,23)20-16-11(9-17)10-18-19-16/h3-8,10H,1-2H3,(H2,18,19,20). The highest BCUT2D eigenvalue weighted by Gasteiger charge is 2.20. The largest absolute Gasteiger partial charge is 0.377 e. The molecule has 2 N–H and O–H groups in total. The van der Waals surface area contributed by atoms with Crippen molar-refractivity contribution in [1.29, 1.82) is 5.26 Å². The normalized spacial score (nSPS) is 11.2. The van der Waals surface area contributed by atoms with Crippen molar-refractivity contribution in [3.8, 4) is 6.07 Å². The van der Waals surface area contributed by atoms with Gasteiger partial charge in [-0.1, -0.05) is 24.3 Å². The molecule has 24 heavy (non-hydrogen) atoms. The highest BCUT2D eigenvalue weighted by molar-refractivity contribution is 7.93. The summed E-state index contributed by atoms with van der Waals surface area (Å²) in [6.45, 7) is 0. The van der Waals surface area contributed by atoms with Gasteiger partial charge in [0.05, 0.1) is 11.1 Å². The maximum Gasteiger partial charge on any atom is 0.263 e. The highest BCUT2D eigenvalue weighted by Crippen LogP contribution is 2.31. The summed E-state index contributed by atoms with van der Waals surface area (Å²) in [7, 11) is -0.0742. The van der Waals surface area contributed by atoms with Crippen LogP contribution >= 0.6 is 0 Å². The first-order valence-corrected chi connectivity index (χ1v) is 8.57. The molecule has 0 aliphatic carbocycles. The molecule has 3 rings (SSSR count). The van der Waals surface area contributed by atoms with Crippen molar-refractivity contribution in [2.75, 3.05) is 23.7 Å². The zero-order chi connectivity index (χ0) is 17.3. The molecular weight excluding hydrogens is 326 g/mol. The summed E-state index contributed by atoms with van der Waals surface area (Å²) >= 11 is 0. The molecule has 2 aromatic carbocycles. The molecule has 0 aliphatic rings. The first-order valence-electron chi connectivity index (χ1n) is 7.09. The summed E-state index contributed by atoms with van der Waals surface area (Å²) in [5.74, 6) is 0.0540. The van der Waals surface area contributed by atoms with E-state index in [1.807, 2.05) is 43.3 Å². The van der Waals surface area contributed by atoms with Gasteiger partial charge >= 0.3 is 0 Å². The smallest absolute Gasteiger partial charge is 0.263 e. The minimum absolute atomic E-state index is 0.0540. The summed E-state index contributed by atoms with van der Waals surface area (Å²) in [5.41, 5.74) is 1.05. The van der Waals surface area contributed by atoms with Crippen LogP contribution in [-0.4, -0.2) is 32.7 Å². The summed E-state index contributed by atoms with van der Waals surface area (Å²) in [4.78, 5) is 2.07. The molecule has 0 saturated carbocycles. The topological polar surface area (TPSA) is 102 Å². The molecule has 7 nitrogen and oxygen atoms in total. The van der Waals surface area contributed by atoms with Gasteiger partial charge in [-0.05, 0) is 12.1 Å². The molecule has 122 valence electrons. The van der Waals surface area contributed by atoms with Crippen molar-refractivity contribution in [3.05, 3.63) is 48.2 Å². The second-order valence-corrected chi connectivity index (χ2v) is 7.05. The lowest BCUT2D eigenvalue weighted by molar-refractivity contribution is 0.602. The minimum Gasteiger partial charge on any atom is -0.377 e. The Morgan fingerprint density at radius 1 is 1.17 bits per heavy atom. The molecule has 0 bridgehead atoms. The molecule has 0 spiro atoms. The van der Waals surface area contributed by atoms with Crippen LogP contribution in [0.25, 0.3) is 10.8 Å². The van der Waals surface area contributed by atoms with Gasteiger partial charge in [0.25, 0.3) is 10.0 Å². The number of anilines is 2. The number of nitrogens with zero attached hydrogens (tertiary/aromatic N) is 3. The average molecular weight is 341 g/mol. The van der Waals surface area contributed by atoms with Crippen molar-refractivity contribution in [1.82, 2.24) is 10.2 Å². The van der Waals surface area contributed by atoms with Crippen LogP contribution in [-0.2, 0) is 10.0 Å². The van der Waals surface area contributed by atoms with Crippen molar-refractivity contribution in [2.45, 2.75) is 4.90 Å². The van der Waals surface area contributed by atoms with Crippen LogP contribution in [0.5, 0.6) is 0 Å². The van der Waals surface area contributed by atoms with Crippen LogP contribution < -0.4 is 9.62 Å². The monoisotopic (exact) mass is 341 g/mol. The lowest BCUT2D eigenvalue weighted by Gasteiger charge is -2.17. The first kappa shape index (κ1) is 15.8. The Bertz CT molecular complexity index is 1050. The lowest BCUT2D eigenvalue weighted by Crippen LogP contribution is -2.15. The molecule has 0 amide bonds. The van der Waals surface area contributed by atoms with Gasteiger partial charge in [0.15, 0.2) is 5.82 Å². The second kappa shape index (κ2) is 5.86. The number of H-pyrrole nitrogens is 1. The number of aromatic nitrogens is 2. The number of nitriles is 1. The Balaban J connectivity index is 2.15. The van der Waals surface area contributed by atoms with Crippen molar-refractivity contribution in [2.24, 2.45) is 0 Å². The van der Waals surface area contributed by atoms with Gasteiger partial charge in [-0.15, -0.1) is 0 Å². The lowest BCUT2D eigenvalue weighted by atomic mass is 10.1. The van der Waals surface area contributed by atoms with Crippen LogP contribution in [0.1, 0.15) is 5.56 Å². The van der Waals surface area contributed by atoms with Crippen LogP contribution in [0.3, 0.4) is 0 Å². The van der Waals surface area contributed by atoms with E-state index in [4.69, 9.17) is 5.26 Å². The van der Waals surface area contributed by atoms with E-state index in [0.29, 0.717) is 5.39 Å². The SMILES string of the molecule is CN(C)c1cccc2c(S(=O)(=O)Nc3[nH]ncc3C#N)cccc12. The van der Waals surface area contributed by atoms with E-state index in [2.05, 4.69) is 14.9 Å². The molecule has 1 heterocycles. The molecule has 0 fully saturated rings. The van der Waals surface area contributed by atoms with Crippen LogP contribution in [0, 0.1) is 11.3 Å². The number of hydrogen-bond donors (Lipinski definition) is 2. The Kier molecular flexibility index (Phi) is 3.87. The summed E-state index contributed by atoms with van der Waals surface area (Å²) < 4.78 is 28.0. The van der Waals surface area contributed by atoms with Crippen LogP contribution in [0.15, 0.2) is 47.5 Å². The molecule has 0 unspecified atom stereocenters. The van der Waals surface area contributed by atoms with Crippen molar-refractivity contribution >= 4 is 32.3 Å². The van der Waals surface area contributed by atoms with Crippen LogP contribution in [0.4, 0.5) is 11.5 Å². The zero-order valence-corrected chi connectivity index (χ0v) is 13.9. The Morgan fingerprint density at radius 2 is 1.88 bits per heavy atom. The fourth-order valence-electron chi connectivity index (χ4n) is 2.53. The van der Waals surface area contributed by atoms with Gasteiger partial charge in [0.2, 0.25) is 0 Å². The Labute approximate surface area is 139 Å². The molecule has 1 aromatic heterocycles. The molecule has 8 heteroatoms. The number of nitrogens with one attached hydrogen (secondary N) is 2. The van der Waals surface area contributed by atoms with E-state index in [1.54, 1.807) is 12.1 Å². The number of rotatable bonds is 4. The van der Waals surface area contributed by atoms with Gasteiger partial charge in [0, 0.05) is 30.6 Å². The number of fused-ring (bicyclic) bond motifs is 1. The zero-order valence-electron chi connectivity index (χ0n) is 13.1. The van der Waals surface area contributed by atoms with E-state index in [9.17, 15) is 8.42 Å². The summed E-state index contributed by atoms with van der Waals surface area (Å²) in [5, 5.41) is 16.6. The molecule has 0 saturated heterocycles. The van der Waals surface area contributed by atoms with E-state index in [1.165, 1.54) is 12.3 Å². The highest BCUT2D eigenvalue weighted by atomic mass is 32.2. The molecule has 0 radical (unpaired) electrons. The Hall–Kier alpha value is -3.05. The third-order valence-electron chi connectivity index (χ3n) is 3.63. The van der Waals surface area contributed by atoms with Gasteiger partial charge in [-0.2, -0.15) is 10.4 Å².